The van der Waals surface area contributed by atoms with Gasteiger partial charge in [-0.2, -0.15) is 0 Å². The van der Waals surface area contributed by atoms with Crippen LogP contribution in [-0.2, 0) is 30.8 Å². The molecule has 1 atom stereocenters. The summed E-state index contributed by atoms with van der Waals surface area (Å²) >= 11 is 0. The highest BCUT2D eigenvalue weighted by Crippen LogP contribution is 2.18. The van der Waals surface area contributed by atoms with Crippen LogP contribution in [0.25, 0.3) is 0 Å². The zero-order chi connectivity index (χ0) is 20.9. The molecule has 0 saturated heterocycles. The Hall–Kier alpha value is -2.98. The van der Waals surface area contributed by atoms with Gasteiger partial charge in [0.25, 0.3) is 5.91 Å². The van der Waals surface area contributed by atoms with Gasteiger partial charge in [-0.15, -0.1) is 0 Å². The van der Waals surface area contributed by atoms with E-state index in [-0.39, 0.29) is 22.8 Å². The molecule has 2 rings (SSSR count). The zero-order valence-electron chi connectivity index (χ0n) is 15.1. The number of amides is 1. The van der Waals surface area contributed by atoms with E-state index in [0.717, 1.165) is 6.07 Å². The van der Waals surface area contributed by atoms with Crippen LogP contribution in [-0.4, -0.2) is 33.5 Å². The van der Waals surface area contributed by atoms with Gasteiger partial charge in [0.2, 0.25) is 10.0 Å². The molecule has 0 aliphatic rings. The summed E-state index contributed by atoms with van der Waals surface area (Å²) in [6.07, 6.45) is -1.40. The Bertz CT molecular complexity index is 993. The first-order valence-corrected chi connectivity index (χ1v) is 9.60. The van der Waals surface area contributed by atoms with E-state index in [2.05, 4.69) is 5.32 Å². The fraction of sp³-hybridized carbons (Fsp3) is 0.222. The largest absolute Gasteiger partial charge is 0.494 e. The number of anilines is 1. The summed E-state index contributed by atoms with van der Waals surface area (Å²) in [5, 5.41) is 7.47. The molecule has 0 aromatic heterocycles. The molecule has 0 aliphatic carbocycles. The monoisotopic (exact) mass is 410 g/mol. The molecular formula is C18H19FN2O6S. The van der Waals surface area contributed by atoms with Crippen molar-refractivity contribution >= 4 is 27.6 Å². The summed E-state index contributed by atoms with van der Waals surface area (Å²) in [6, 6.07) is 9.36. The number of hydrogen-bond acceptors (Lipinski definition) is 6. The second-order valence-electron chi connectivity index (χ2n) is 5.84. The Morgan fingerprint density at radius 1 is 1.21 bits per heavy atom. The lowest BCUT2D eigenvalue weighted by Crippen LogP contribution is -2.30. The van der Waals surface area contributed by atoms with Gasteiger partial charge in [0.15, 0.2) is 17.7 Å². The summed E-state index contributed by atoms with van der Waals surface area (Å²) in [5.74, 6) is -1.97. The van der Waals surface area contributed by atoms with E-state index in [1.54, 1.807) is 0 Å². The number of carbonyl (C=O) groups excluding carboxylic acids is 2. The predicted octanol–water partition coefficient (Wildman–Crippen LogP) is 1.59. The van der Waals surface area contributed by atoms with E-state index < -0.39 is 33.8 Å². The van der Waals surface area contributed by atoms with E-state index in [1.165, 1.54) is 50.4 Å². The number of nitrogens with two attached hydrogens (primary N) is 1. The molecule has 0 fully saturated rings. The van der Waals surface area contributed by atoms with Crippen LogP contribution in [0.4, 0.5) is 10.1 Å². The first kappa shape index (κ1) is 21.3. The number of esters is 1. The summed E-state index contributed by atoms with van der Waals surface area (Å²) < 4.78 is 46.2. The first-order chi connectivity index (χ1) is 13.1. The molecule has 0 spiro atoms. The van der Waals surface area contributed by atoms with Gasteiger partial charge >= 0.3 is 5.97 Å². The summed E-state index contributed by atoms with van der Waals surface area (Å²) in [4.78, 5) is 24.0. The Morgan fingerprint density at radius 3 is 2.54 bits per heavy atom. The Kier molecular flexibility index (Phi) is 6.71. The molecule has 0 saturated carbocycles. The van der Waals surface area contributed by atoms with E-state index in [0.29, 0.717) is 5.56 Å². The van der Waals surface area contributed by atoms with Gasteiger partial charge in [0.1, 0.15) is 0 Å². The van der Waals surface area contributed by atoms with Crippen LogP contribution >= 0.6 is 0 Å². The zero-order valence-corrected chi connectivity index (χ0v) is 16.0. The van der Waals surface area contributed by atoms with Crippen molar-refractivity contribution in [3.63, 3.8) is 0 Å². The third-order valence-corrected chi connectivity index (χ3v) is 4.58. The van der Waals surface area contributed by atoms with Gasteiger partial charge in [-0.3, -0.25) is 9.59 Å². The minimum absolute atomic E-state index is 0.0478. The number of hydrogen-bond donors (Lipinski definition) is 2. The van der Waals surface area contributed by atoms with Gasteiger partial charge < -0.3 is 14.8 Å². The third kappa shape index (κ3) is 5.76. The third-order valence-electron chi connectivity index (χ3n) is 3.67. The molecule has 0 heterocycles. The van der Waals surface area contributed by atoms with Crippen LogP contribution in [0.1, 0.15) is 12.5 Å². The molecule has 0 aliphatic heterocycles. The van der Waals surface area contributed by atoms with Crippen molar-refractivity contribution < 1.29 is 31.9 Å². The van der Waals surface area contributed by atoms with Crippen molar-refractivity contribution in [2.45, 2.75) is 24.3 Å². The lowest BCUT2D eigenvalue weighted by Gasteiger charge is -2.14. The number of methoxy groups -OCH3 is 1. The molecule has 1 amide bonds. The molecule has 2 aromatic carbocycles. The maximum Gasteiger partial charge on any atom is 0.311 e. The highest BCUT2D eigenvalue weighted by Gasteiger charge is 2.19. The minimum Gasteiger partial charge on any atom is -0.494 e. The Labute approximate surface area is 161 Å². The highest BCUT2D eigenvalue weighted by molar-refractivity contribution is 7.89. The number of rotatable bonds is 7. The molecular weight excluding hydrogens is 391 g/mol. The molecule has 8 nitrogen and oxygen atoms in total. The number of halogens is 1. The fourth-order valence-electron chi connectivity index (χ4n) is 2.27. The summed E-state index contributed by atoms with van der Waals surface area (Å²) in [5.41, 5.74) is 0.536. The molecule has 28 heavy (non-hydrogen) atoms. The topological polar surface area (TPSA) is 125 Å². The van der Waals surface area contributed by atoms with Gasteiger partial charge in [0, 0.05) is 5.69 Å². The molecule has 0 bridgehead atoms. The number of benzene rings is 2. The van der Waals surface area contributed by atoms with Crippen LogP contribution in [0.3, 0.4) is 0 Å². The number of primary sulfonamides is 1. The average Bonchev–Trinajstić information content (AvgIpc) is 2.61. The summed E-state index contributed by atoms with van der Waals surface area (Å²) in [7, 11) is -2.60. The smallest absolute Gasteiger partial charge is 0.311 e. The Morgan fingerprint density at radius 2 is 1.93 bits per heavy atom. The normalized spacial score (nSPS) is 12.1. The molecule has 0 radical (unpaired) electrons. The van der Waals surface area contributed by atoms with Gasteiger partial charge in [-0.1, -0.05) is 12.1 Å². The van der Waals surface area contributed by atoms with Crippen LogP contribution in [0.2, 0.25) is 0 Å². The lowest BCUT2D eigenvalue weighted by molar-refractivity contribution is -0.152. The van der Waals surface area contributed by atoms with E-state index >= 15 is 0 Å². The Balaban J connectivity index is 1.96. The van der Waals surface area contributed by atoms with Gasteiger partial charge in [-0.05, 0) is 42.8 Å². The SMILES string of the molecule is COc1ccc(CC(=O)O[C@H](C)C(=O)Nc2cccc(S(N)(=O)=O)c2)cc1F. The maximum atomic E-state index is 13.7. The molecule has 2 aromatic rings. The van der Waals surface area contributed by atoms with Crippen LogP contribution in [0.5, 0.6) is 5.75 Å². The highest BCUT2D eigenvalue weighted by atomic mass is 32.2. The van der Waals surface area contributed by atoms with Crippen molar-refractivity contribution in [2.75, 3.05) is 12.4 Å². The van der Waals surface area contributed by atoms with E-state index in [9.17, 15) is 22.4 Å². The number of carbonyl (C=O) groups is 2. The number of nitrogens with one attached hydrogen (secondary N) is 1. The van der Waals surface area contributed by atoms with Crippen molar-refractivity contribution in [1.29, 1.82) is 0 Å². The predicted molar refractivity (Wildman–Crippen MR) is 98.7 cm³/mol. The lowest BCUT2D eigenvalue weighted by atomic mass is 10.1. The summed E-state index contributed by atoms with van der Waals surface area (Å²) in [6.45, 7) is 1.35. The van der Waals surface area contributed by atoms with E-state index in [4.69, 9.17) is 14.6 Å². The number of sulfonamides is 1. The fourth-order valence-corrected chi connectivity index (χ4v) is 2.83. The van der Waals surface area contributed by atoms with Crippen molar-refractivity contribution in [3.8, 4) is 5.75 Å². The van der Waals surface area contributed by atoms with Gasteiger partial charge in [-0.25, -0.2) is 17.9 Å². The quantitative estimate of drug-likeness (QED) is 0.668. The average molecular weight is 410 g/mol. The van der Waals surface area contributed by atoms with Crippen LogP contribution < -0.4 is 15.2 Å². The minimum atomic E-state index is -3.92. The molecule has 0 unspecified atom stereocenters. The second kappa shape index (κ2) is 8.81. The van der Waals surface area contributed by atoms with Gasteiger partial charge in [0.05, 0.1) is 18.4 Å². The van der Waals surface area contributed by atoms with Crippen molar-refractivity contribution in [3.05, 3.63) is 53.8 Å². The number of ether oxygens (including phenoxy) is 2. The molecule has 3 N–H and O–H groups in total. The molecule has 150 valence electrons. The second-order valence-corrected chi connectivity index (χ2v) is 7.40. The van der Waals surface area contributed by atoms with Crippen molar-refractivity contribution in [2.24, 2.45) is 5.14 Å². The maximum absolute atomic E-state index is 13.7. The van der Waals surface area contributed by atoms with Crippen LogP contribution in [0.15, 0.2) is 47.4 Å². The van der Waals surface area contributed by atoms with E-state index in [1.807, 2.05) is 0 Å². The van der Waals surface area contributed by atoms with Crippen molar-refractivity contribution in [1.82, 2.24) is 0 Å². The molecule has 10 heteroatoms. The van der Waals surface area contributed by atoms with Crippen LogP contribution in [0, 0.1) is 5.82 Å². The first-order valence-electron chi connectivity index (χ1n) is 8.06. The standard InChI is InChI=1S/C18H19FN2O6S/c1-11(18(23)21-13-4-3-5-14(10-13)28(20,24)25)27-17(22)9-12-6-7-16(26-2)15(19)8-12/h3-8,10-11H,9H2,1-2H3,(H,21,23)(H2,20,24,25)/t11-/m1/s1.